The van der Waals surface area contributed by atoms with Gasteiger partial charge < -0.3 is 23.7 Å². The van der Waals surface area contributed by atoms with E-state index < -0.39 is 133 Å². The zero-order chi connectivity index (χ0) is 48.2. The van der Waals surface area contributed by atoms with Gasteiger partial charge in [-0.05, 0) is 33.6 Å². The lowest BCUT2D eigenvalue weighted by atomic mass is 9.72. The SMILES string of the molecule is CCC(C)(CC(C)(C)C(=O)OCC(=O)COC(=O)OCSCC(C)C(=O)OC)C(=O)OCC(F)(F)C(F)(F)C(F)(F)C(F)(F)C(F)(F)C(F)(F)C(F)(F)C(F)(F)C(F)(F)F. The van der Waals surface area contributed by atoms with E-state index in [1.54, 1.807) is 0 Å². The summed E-state index contributed by atoms with van der Waals surface area (Å²) in [5, 5.41) is 0. The third-order valence-electron chi connectivity index (χ3n) is 8.17. The van der Waals surface area contributed by atoms with E-state index >= 15 is 0 Å². The van der Waals surface area contributed by atoms with Crippen LogP contribution in [-0.4, -0.2) is 122 Å². The Morgan fingerprint density at radius 1 is 0.567 bits per heavy atom. The Hall–Kier alpha value is -3.63. The molecule has 0 amide bonds. The predicted molar refractivity (Wildman–Crippen MR) is 160 cm³/mol. The van der Waals surface area contributed by atoms with Gasteiger partial charge in [-0.3, -0.25) is 19.2 Å². The van der Waals surface area contributed by atoms with Crippen molar-refractivity contribution in [3.8, 4) is 0 Å². The highest BCUT2D eigenvalue weighted by Crippen LogP contribution is 2.65. The molecule has 0 rings (SSSR count). The number of carbonyl (C=O) groups excluding carboxylic acids is 5. The Bertz CT molecular complexity index is 1550. The van der Waals surface area contributed by atoms with Gasteiger partial charge in [-0.2, -0.15) is 83.4 Å². The van der Waals surface area contributed by atoms with Gasteiger partial charge in [-0.25, -0.2) is 4.79 Å². The summed E-state index contributed by atoms with van der Waals surface area (Å²) in [5.41, 5.74) is -4.43. The van der Waals surface area contributed by atoms with Crippen molar-refractivity contribution in [3.63, 3.8) is 0 Å². The van der Waals surface area contributed by atoms with Gasteiger partial charge in [0.1, 0.15) is 5.94 Å². The summed E-state index contributed by atoms with van der Waals surface area (Å²) in [6.45, 7) is -0.680. The minimum Gasteiger partial charge on any atom is -0.469 e. The Labute approximate surface area is 329 Å². The predicted octanol–water partition coefficient (Wildman–Crippen LogP) is 8.77. The maximum absolute atomic E-state index is 14.4. The number of ketones is 1. The molecule has 0 N–H and O–H groups in total. The minimum absolute atomic E-state index is 0.154. The first-order valence-corrected chi connectivity index (χ1v) is 17.0. The van der Waals surface area contributed by atoms with Gasteiger partial charge in [-0.1, -0.05) is 13.8 Å². The topological polar surface area (TPSA) is 132 Å². The Balaban J connectivity index is 5.88. The van der Waals surface area contributed by atoms with Gasteiger partial charge in [0.05, 0.1) is 23.9 Å². The third kappa shape index (κ3) is 11.1. The number of Topliss-reactive ketones (excluding diaryl/α,β-unsaturated/α-hetero) is 1. The molecule has 0 aliphatic rings. The van der Waals surface area contributed by atoms with Crippen molar-refractivity contribution in [3.05, 3.63) is 0 Å². The molecule has 0 heterocycles. The normalized spacial score (nSPS) is 15.7. The summed E-state index contributed by atoms with van der Waals surface area (Å²) in [5.74, 6) is -74.6. The number of ether oxygens (including phenoxy) is 5. The summed E-state index contributed by atoms with van der Waals surface area (Å²) in [7, 11) is 1.14. The smallest absolute Gasteiger partial charge is 0.469 e. The molecule has 0 aliphatic carbocycles. The molecule has 60 heavy (non-hydrogen) atoms. The quantitative estimate of drug-likeness (QED) is 0.0320. The van der Waals surface area contributed by atoms with Crippen molar-refractivity contribution < 1.29 is 131 Å². The van der Waals surface area contributed by atoms with Crippen molar-refractivity contribution in [2.24, 2.45) is 16.7 Å². The standard InChI is InChI=1S/C30H33F19O10S/c1-7-21(5,11-20(3,4)17(52)56-8-15(50)9-57-19(54)59-13-60-10-14(2)16(51)55-6)18(53)58-12-22(31,32)23(33,34)24(35,36)25(37,38)26(39,40)27(41,42)28(43,44)29(45,46)30(47,48)49/h14H,7-13H2,1-6H3. The van der Waals surface area contributed by atoms with Crippen LogP contribution in [0.4, 0.5) is 88.2 Å². The van der Waals surface area contributed by atoms with Crippen LogP contribution < -0.4 is 0 Å². The molecular formula is C30H33F19O10S. The van der Waals surface area contributed by atoms with E-state index in [-0.39, 0.29) is 11.7 Å². The van der Waals surface area contributed by atoms with Crippen LogP contribution in [-0.2, 0) is 42.9 Å². The first-order chi connectivity index (χ1) is 26.5. The Morgan fingerprint density at radius 2 is 0.983 bits per heavy atom. The average molecular weight is 947 g/mol. The lowest BCUT2D eigenvalue weighted by Gasteiger charge is -2.43. The van der Waals surface area contributed by atoms with E-state index in [1.165, 1.54) is 6.92 Å². The number of alkyl halides is 19. The van der Waals surface area contributed by atoms with Crippen molar-refractivity contribution in [1.82, 2.24) is 0 Å². The maximum Gasteiger partial charge on any atom is 0.509 e. The number of esters is 3. The highest BCUT2D eigenvalue weighted by atomic mass is 32.2. The maximum atomic E-state index is 14.4. The van der Waals surface area contributed by atoms with Gasteiger partial charge in [0.2, 0.25) is 5.78 Å². The third-order valence-corrected chi connectivity index (χ3v) is 9.19. The molecule has 0 saturated carbocycles. The van der Waals surface area contributed by atoms with Crippen LogP contribution >= 0.6 is 11.8 Å². The zero-order valence-corrected chi connectivity index (χ0v) is 32.0. The highest BCUT2D eigenvalue weighted by molar-refractivity contribution is 7.99. The molecule has 0 aliphatic heterocycles. The van der Waals surface area contributed by atoms with Crippen LogP contribution in [0.1, 0.15) is 47.5 Å². The fourth-order valence-corrected chi connectivity index (χ4v) is 5.12. The summed E-state index contributed by atoms with van der Waals surface area (Å²) in [6, 6.07) is 0. The van der Waals surface area contributed by atoms with Gasteiger partial charge in [-0.15, -0.1) is 11.8 Å². The van der Waals surface area contributed by atoms with Crippen LogP contribution in [0.3, 0.4) is 0 Å². The second kappa shape index (κ2) is 18.8. The number of carbonyl (C=O) groups is 5. The average Bonchev–Trinajstić information content (AvgIpc) is 3.11. The second-order valence-electron chi connectivity index (χ2n) is 13.5. The van der Waals surface area contributed by atoms with Crippen LogP contribution in [0.5, 0.6) is 0 Å². The molecule has 0 bridgehead atoms. The highest BCUT2D eigenvalue weighted by Gasteiger charge is 2.96. The monoisotopic (exact) mass is 946 g/mol. The summed E-state index contributed by atoms with van der Waals surface area (Å²) >= 11 is 0.949. The largest absolute Gasteiger partial charge is 0.509 e. The van der Waals surface area contributed by atoms with Crippen LogP contribution in [0.25, 0.3) is 0 Å². The molecule has 0 radical (unpaired) electrons. The number of hydrogen-bond donors (Lipinski definition) is 0. The molecule has 0 saturated heterocycles. The first-order valence-electron chi connectivity index (χ1n) is 15.9. The van der Waals surface area contributed by atoms with Gasteiger partial charge in [0.25, 0.3) is 0 Å². The Morgan fingerprint density at radius 3 is 1.40 bits per heavy atom. The van der Waals surface area contributed by atoms with Gasteiger partial charge >= 0.3 is 77.6 Å². The van der Waals surface area contributed by atoms with Crippen molar-refractivity contribution in [1.29, 1.82) is 0 Å². The van der Waals surface area contributed by atoms with E-state index in [9.17, 15) is 107 Å². The first kappa shape index (κ1) is 56.4. The van der Waals surface area contributed by atoms with Crippen LogP contribution in [0.2, 0.25) is 0 Å². The number of hydrogen-bond acceptors (Lipinski definition) is 11. The van der Waals surface area contributed by atoms with E-state index in [2.05, 4.69) is 18.9 Å². The molecular weight excluding hydrogens is 913 g/mol. The number of halogens is 19. The fourth-order valence-electron chi connectivity index (χ4n) is 4.35. The minimum atomic E-state index is -9.12. The molecule has 0 spiro atoms. The van der Waals surface area contributed by atoms with Gasteiger partial charge in [0.15, 0.2) is 19.8 Å². The molecule has 352 valence electrons. The van der Waals surface area contributed by atoms with Gasteiger partial charge in [0, 0.05) is 5.75 Å². The number of methoxy groups -OCH3 is 1. The number of rotatable bonds is 23. The van der Waals surface area contributed by atoms with E-state index in [0.717, 1.165) is 39.6 Å². The molecule has 10 nitrogen and oxygen atoms in total. The van der Waals surface area contributed by atoms with E-state index in [4.69, 9.17) is 4.74 Å². The zero-order valence-electron chi connectivity index (χ0n) is 31.2. The van der Waals surface area contributed by atoms with Crippen LogP contribution in [0.15, 0.2) is 0 Å². The van der Waals surface area contributed by atoms with Crippen molar-refractivity contribution in [2.45, 2.75) is 101 Å². The lowest BCUT2D eigenvalue weighted by Crippen LogP contribution is -2.76. The summed E-state index contributed by atoms with van der Waals surface area (Å²) < 4.78 is 281. The fraction of sp³-hybridized carbons (Fsp3) is 0.833. The van der Waals surface area contributed by atoms with Crippen molar-refractivity contribution >= 4 is 41.6 Å². The molecule has 0 aromatic carbocycles. The van der Waals surface area contributed by atoms with Crippen molar-refractivity contribution in [2.75, 3.05) is 38.6 Å². The molecule has 30 heteroatoms. The molecule has 0 fully saturated rings. The Kier molecular flexibility index (Phi) is 17.6. The van der Waals surface area contributed by atoms with Crippen LogP contribution in [0, 0.1) is 16.7 Å². The molecule has 2 atom stereocenters. The van der Waals surface area contributed by atoms with E-state index in [0.29, 0.717) is 6.92 Å². The molecule has 2 unspecified atom stereocenters. The van der Waals surface area contributed by atoms with E-state index in [1.807, 2.05) is 0 Å². The molecule has 0 aromatic rings. The summed E-state index contributed by atoms with van der Waals surface area (Å²) in [4.78, 5) is 60.3. The summed E-state index contributed by atoms with van der Waals surface area (Å²) in [6.07, 6.45) is -11.0. The molecule has 0 aromatic heterocycles. The number of thioether (sulfide) groups is 1. The lowest BCUT2D eigenvalue weighted by molar-refractivity contribution is -0.469. The second-order valence-corrected chi connectivity index (χ2v) is 14.5.